The highest BCUT2D eigenvalue weighted by Crippen LogP contribution is 2.25. The number of benzene rings is 2. The van der Waals surface area contributed by atoms with Crippen LogP contribution in [0.5, 0.6) is 11.5 Å². The highest BCUT2D eigenvalue weighted by Gasteiger charge is 2.12. The van der Waals surface area contributed by atoms with Gasteiger partial charge in [-0.25, -0.2) is 0 Å². The molecule has 2 aromatic rings. The van der Waals surface area contributed by atoms with Crippen LogP contribution in [-0.4, -0.2) is 25.0 Å². The van der Waals surface area contributed by atoms with Gasteiger partial charge in [-0.3, -0.25) is 5.43 Å². The number of hydrogen-bond donors (Lipinski definition) is 2. The molecule has 7 heteroatoms. The van der Waals surface area contributed by atoms with Gasteiger partial charge in [0.25, 0.3) is 0 Å². The van der Waals surface area contributed by atoms with Gasteiger partial charge in [0, 0.05) is 21.7 Å². The number of nitrogens with one attached hydrogen (secondary N) is 1. The third kappa shape index (κ3) is 4.67. The van der Waals surface area contributed by atoms with E-state index in [4.69, 9.17) is 27.4 Å². The van der Waals surface area contributed by atoms with Crippen molar-refractivity contribution in [1.82, 2.24) is 5.43 Å². The Bertz CT molecular complexity index is 728. The van der Waals surface area contributed by atoms with Gasteiger partial charge >= 0.3 is 0 Å². The number of rotatable bonds is 5. The average Bonchev–Trinajstić information content (AvgIpc) is 2.54. The van der Waals surface area contributed by atoms with Gasteiger partial charge in [0.15, 0.2) is 5.11 Å². The Hall–Kier alpha value is -2.12. The van der Waals surface area contributed by atoms with Crippen molar-refractivity contribution < 1.29 is 9.47 Å². The second-order valence-corrected chi connectivity index (χ2v) is 5.90. The van der Waals surface area contributed by atoms with Crippen molar-refractivity contribution in [3.05, 3.63) is 58.1 Å². The molecule has 0 aliphatic carbocycles. The Morgan fingerprint density at radius 2 is 1.74 bits per heavy atom. The molecule has 0 aliphatic rings. The molecule has 0 fully saturated rings. The molecule has 120 valence electrons. The Labute approximate surface area is 148 Å². The highest BCUT2D eigenvalue weighted by atomic mass is 79.9. The van der Waals surface area contributed by atoms with Crippen LogP contribution in [0.15, 0.2) is 52.0 Å². The summed E-state index contributed by atoms with van der Waals surface area (Å²) in [4.78, 5) is 0. The molecule has 0 aliphatic heterocycles. The normalized spacial score (nSPS) is 11.0. The standard InChI is InChI=1S/C16H16BrN3O2S/c1-21-13-7-11(8-14(9-13)22-2)15(19-20-16(18)23)10-4-3-5-12(17)6-10/h3-9H,1-2H3,(H3,18,20,23)/b19-15-. The summed E-state index contributed by atoms with van der Waals surface area (Å²) in [5.41, 5.74) is 10.5. The van der Waals surface area contributed by atoms with E-state index in [9.17, 15) is 0 Å². The van der Waals surface area contributed by atoms with E-state index in [2.05, 4.69) is 26.5 Å². The van der Waals surface area contributed by atoms with Crippen LogP contribution in [-0.2, 0) is 0 Å². The van der Waals surface area contributed by atoms with Crippen LogP contribution >= 0.6 is 28.1 Å². The van der Waals surface area contributed by atoms with Crippen LogP contribution in [0, 0.1) is 0 Å². The van der Waals surface area contributed by atoms with E-state index in [1.54, 1.807) is 20.3 Å². The van der Waals surface area contributed by atoms with E-state index < -0.39 is 0 Å². The lowest BCUT2D eigenvalue weighted by molar-refractivity contribution is 0.394. The maximum atomic E-state index is 5.49. The summed E-state index contributed by atoms with van der Waals surface area (Å²) in [6.07, 6.45) is 0. The Morgan fingerprint density at radius 3 is 2.26 bits per heavy atom. The number of methoxy groups -OCH3 is 2. The first-order valence-corrected chi connectivity index (χ1v) is 7.86. The molecule has 0 bridgehead atoms. The lowest BCUT2D eigenvalue weighted by Gasteiger charge is -2.12. The summed E-state index contributed by atoms with van der Waals surface area (Å²) in [7, 11) is 3.20. The monoisotopic (exact) mass is 393 g/mol. The fourth-order valence-electron chi connectivity index (χ4n) is 1.99. The van der Waals surface area contributed by atoms with Gasteiger partial charge < -0.3 is 15.2 Å². The lowest BCUT2D eigenvalue weighted by Crippen LogP contribution is -2.26. The Morgan fingerprint density at radius 1 is 1.09 bits per heavy atom. The minimum Gasteiger partial charge on any atom is -0.497 e. The number of halogens is 1. The number of hydrazone groups is 1. The molecule has 0 amide bonds. The summed E-state index contributed by atoms with van der Waals surface area (Å²) < 4.78 is 11.6. The maximum Gasteiger partial charge on any atom is 0.184 e. The van der Waals surface area contributed by atoms with Gasteiger partial charge in [0.2, 0.25) is 0 Å². The number of thiocarbonyl (C=S) groups is 1. The zero-order valence-corrected chi connectivity index (χ0v) is 15.1. The summed E-state index contributed by atoms with van der Waals surface area (Å²) in [6.45, 7) is 0. The predicted molar refractivity (Wildman–Crippen MR) is 99.2 cm³/mol. The average molecular weight is 394 g/mol. The number of ether oxygens (including phenoxy) is 2. The first-order valence-electron chi connectivity index (χ1n) is 6.66. The van der Waals surface area contributed by atoms with Crippen LogP contribution in [0.1, 0.15) is 11.1 Å². The summed E-state index contributed by atoms with van der Waals surface area (Å²) in [6, 6.07) is 13.3. The van der Waals surface area contributed by atoms with Crippen LogP contribution in [0.25, 0.3) is 0 Å². The topological polar surface area (TPSA) is 68.9 Å². The fraction of sp³-hybridized carbons (Fsp3) is 0.125. The van der Waals surface area contributed by atoms with Crippen LogP contribution in [0.3, 0.4) is 0 Å². The molecule has 0 atom stereocenters. The van der Waals surface area contributed by atoms with E-state index in [0.717, 1.165) is 15.6 Å². The summed E-state index contributed by atoms with van der Waals surface area (Å²) in [5, 5.41) is 4.41. The molecule has 2 aromatic carbocycles. The molecule has 0 aromatic heterocycles. The SMILES string of the molecule is COc1cc(OC)cc(/C(=N\NC(N)=S)c2cccc(Br)c2)c1. The molecule has 0 heterocycles. The van der Waals surface area contributed by atoms with Crippen LogP contribution in [0.2, 0.25) is 0 Å². The zero-order valence-electron chi connectivity index (χ0n) is 12.7. The summed E-state index contributed by atoms with van der Waals surface area (Å²) >= 11 is 8.30. The second kappa shape index (κ2) is 7.94. The fourth-order valence-corrected chi connectivity index (χ4v) is 2.43. The minimum atomic E-state index is 0.0901. The van der Waals surface area contributed by atoms with E-state index >= 15 is 0 Å². The van der Waals surface area contributed by atoms with Crippen molar-refractivity contribution in [3.8, 4) is 11.5 Å². The smallest absolute Gasteiger partial charge is 0.184 e. The zero-order chi connectivity index (χ0) is 16.8. The maximum absolute atomic E-state index is 5.49. The number of nitrogens with zero attached hydrogens (tertiary/aromatic N) is 1. The van der Waals surface area contributed by atoms with Crippen molar-refractivity contribution in [2.45, 2.75) is 0 Å². The van der Waals surface area contributed by atoms with Gasteiger partial charge in [-0.1, -0.05) is 28.1 Å². The van der Waals surface area contributed by atoms with Gasteiger partial charge in [0.05, 0.1) is 19.9 Å². The quantitative estimate of drug-likeness (QED) is 0.464. The van der Waals surface area contributed by atoms with Gasteiger partial charge in [-0.15, -0.1) is 0 Å². The van der Waals surface area contributed by atoms with E-state index in [1.165, 1.54) is 0 Å². The first-order chi connectivity index (χ1) is 11.0. The van der Waals surface area contributed by atoms with Crippen LogP contribution in [0.4, 0.5) is 0 Å². The molecule has 3 N–H and O–H groups in total. The molecule has 23 heavy (non-hydrogen) atoms. The first kappa shape index (κ1) is 17.2. The molecule has 2 rings (SSSR count). The lowest BCUT2D eigenvalue weighted by atomic mass is 10.0. The largest absolute Gasteiger partial charge is 0.497 e. The van der Waals surface area contributed by atoms with Gasteiger partial charge in [0.1, 0.15) is 11.5 Å². The third-order valence-corrected chi connectivity index (χ3v) is 3.59. The molecule has 5 nitrogen and oxygen atoms in total. The summed E-state index contributed by atoms with van der Waals surface area (Å²) in [5.74, 6) is 1.33. The molecule has 0 spiro atoms. The van der Waals surface area contributed by atoms with Gasteiger partial charge in [-0.2, -0.15) is 5.10 Å². The van der Waals surface area contributed by atoms with E-state index in [0.29, 0.717) is 17.2 Å². The second-order valence-electron chi connectivity index (χ2n) is 4.55. The van der Waals surface area contributed by atoms with Crippen molar-refractivity contribution in [3.63, 3.8) is 0 Å². The molecular formula is C16H16BrN3O2S. The third-order valence-electron chi connectivity index (χ3n) is 3.00. The molecule has 0 saturated heterocycles. The number of nitrogens with two attached hydrogens (primary N) is 1. The van der Waals surface area contributed by atoms with Crippen LogP contribution < -0.4 is 20.6 Å². The van der Waals surface area contributed by atoms with Crippen molar-refractivity contribution >= 4 is 39.0 Å². The van der Waals surface area contributed by atoms with Crippen molar-refractivity contribution in [2.24, 2.45) is 10.8 Å². The van der Waals surface area contributed by atoms with Gasteiger partial charge in [-0.05, 0) is 36.5 Å². The molecule has 0 unspecified atom stereocenters. The Balaban J connectivity index is 2.58. The molecular weight excluding hydrogens is 378 g/mol. The molecule has 0 saturated carbocycles. The van der Waals surface area contributed by atoms with E-state index in [1.807, 2.05) is 36.4 Å². The van der Waals surface area contributed by atoms with Crippen molar-refractivity contribution in [1.29, 1.82) is 0 Å². The predicted octanol–water partition coefficient (Wildman–Crippen LogP) is 3.05. The Kier molecular flexibility index (Phi) is 5.95. The highest BCUT2D eigenvalue weighted by molar-refractivity contribution is 9.10. The molecule has 0 radical (unpaired) electrons. The van der Waals surface area contributed by atoms with Crippen molar-refractivity contribution in [2.75, 3.05) is 14.2 Å². The van der Waals surface area contributed by atoms with E-state index in [-0.39, 0.29) is 5.11 Å². The number of hydrogen-bond acceptors (Lipinski definition) is 4. The minimum absolute atomic E-state index is 0.0901.